The minimum absolute atomic E-state index is 0.274. The van der Waals surface area contributed by atoms with Crippen molar-refractivity contribution in [2.75, 3.05) is 7.11 Å². The fourth-order valence-corrected chi connectivity index (χ4v) is 2.41. The molecule has 19 heavy (non-hydrogen) atoms. The first-order chi connectivity index (χ1) is 9.29. The summed E-state index contributed by atoms with van der Waals surface area (Å²) in [4.78, 5) is 12.1. The van der Waals surface area contributed by atoms with Gasteiger partial charge >= 0.3 is 5.97 Å². The van der Waals surface area contributed by atoms with Gasteiger partial charge in [-0.05, 0) is 11.1 Å². The molecule has 96 valence electrons. The first kappa shape index (κ1) is 11.9. The van der Waals surface area contributed by atoms with Gasteiger partial charge in [-0.1, -0.05) is 60.7 Å². The highest BCUT2D eigenvalue weighted by molar-refractivity contribution is 5.85. The monoisotopic (exact) mass is 254 g/mol. The van der Waals surface area contributed by atoms with E-state index >= 15 is 0 Å². The molecule has 0 bridgehead atoms. The summed E-state index contributed by atoms with van der Waals surface area (Å²) < 4.78 is 10.7. The molecule has 1 heterocycles. The maximum Gasteiger partial charge on any atom is 0.346 e. The van der Waals surface area contributed by atoms with Crippen LogP contribution in [0.2, 0.25) is 0 Å². The van der Waals surface area contributed by atoms with Crippen molar-refractivity contribution >= 4 is 5.97 Å². The largest absolute Gasteiger partial charge is 0.467 e. The van der Waals surface area contributed by atoms with Crippen LogP contribution in [-0.2, 0) is 19.9 Å². The average Bonchev–Trinajstić information content (AvgIpc) is 3.25. The molecule has 0 amide bonds. The lowest BCUT2D eigenvalue weighted by atomic mass is 9.92. The van der Waals surface area contributed by atoms with Crippen molar-refractivity contribution in [2.45, 2.75) is 11.7 Å². The van der Waals surface area contributed by atoms with Gasteiger partial charge in [0.15, 0.2) is 0 Å². The first-order valence-corrected chi connectivity index (χ1v) is 6.16. The Balaban J connectivity index is 2.01. The number of carbonyl (C=O) groups is 1. The second-order valence-electron chi connectivity index (χ2n) is 4.50. The van der Waals surface area contributed by atoms with Gasteiger partial charge in [0, 0.05) is 0 Å². The predicted molar refractivity (Wildman–Crippen MR) is 70.4 cm³/mol. The van der Waals surface area contributed by atoms with Gasteiger partial charge in [-0.15, -0.1) is 0 Å². The van der Waals surface area contributed by atoms with Gasteiger partial charge in [0.05, 0.1) is 7.11 Å². The zero-order valence-corrected chi connectivity index (χ0v) is 10.6. The fraction of sp³-hybridized carbons (Fsp3) is 0.188. The SMILES string of the molecule is COC(=O)C1(c2ccccc2)OC1c1ccccc1. The van der Waals surface area contributed by atoms with Crippen LogP contribution in [0.15, 0.2) is 60.7 Å². The third-order valence-corrected chi connectivity index (χ3v) is 3.41. The van der Waals surface area contributed by atoms with Crippen LogP contribution in [0.5, 0.6) is 0 Å². The summed E-state index contributed by atoms with van der Waals surface area (Å²) in [5.74, 6) is -0.354. The summed E-state index contributed by atoms with van der Waals surface area (Å²) >= 11 is 0. The van der Waals surface area contributed by atoms with E-state index in [0.717, 1.165) is 11.1 Å². The standard InChI is InChI=1S/C16H14O3/c1-18-15(17)16(13-10-6-3-7-11-13)14(19-16)12-8-4-2-5-9-12/h2-11,14H,1H3. The van der Waals surface area contributed by atoms with Crippen LogP contribution >= 0.6 is 0 Å². The summed E-state index contributed by atoms with van der Waals surface area (Å²) in [6, 6.07) is 19.2. The van der Waals surface area contributed by atoms with E-state index in [0.29, 0.717) is 0 Å². The minimum atomic E-state index is -0.989. The van der Waals surface area contributed by atoms with Gasteiger partial charge in [-0.25, -0.2) is 4.79 Å². The molecule has 0 spiro atoms. The fourth-order valence-electron chi connectivity index (χ4n) is 2.41. The Morgan fingerprint density at radius 1 is 1.05 bits per heavy atom. The van der Waals surface area contributed by atoms with Crippen molar-refractivity contribution in [1.82, 2.24) is 0 Å². The molecule has 2 aromatic carbocycles. The highest BCUT2D eigenvalue weighted by Gasteiger charge is 2.65. The van der Waals surface area contributed by atoms with E-state index < -0.39 is 5.60 Å². The quantitative estimate of drug-likeness (QED) is 0.624. The Bertz CT molecular complexity index is 579. The topological polar surface area (TPSA) is 38.8 Å². The number of hydrogen-bond donors (Lipinski definition) is 0. The van der Waals surface area contributed by atoms with E-state index in [9.17, 15) is 4.79 Å². The van der Waals surface area contributed by atoms with Gasteiger partial charge in [-0.3, -0.25) is 0 Å². The third-order valence-electron chi connectivity index (χ3n) is 3.41. The second-order valence-corrected chi connectivity index (χ2v) is 4.50. The Kier molecular flexibility index (Phi) is 2.84. The molecule has 1 aliphatic rings. The highest BCUT2D eigenvalue weighted by atomic mass is 16.7. The Morgan fingerprint density at radius 3 is 2.21 bits per heavy atom. The van der Waals surface area contributed by atoms with Gasteiger partial charge in [0.25, 0.3) is 0 Å². The first-order valence-electron chi connectivity index (χ1n) is 6.16. The van der Waals surface area contributed by atoms with Crippen LogP contribution in [0.3, 0.4) is 0 Å². The van der Waals surface area contributed by atoms with Crippen molar-refractivity contribution in [3.63, 3.8) is 0 Å². The van der Waals surface area contributed by atoms with Gasteiger partial charge in [0.2, 0.25) is 5.60 Å². The lowest BCUT2D eigenvalue weighted by Crippen LogP contribution is -2.24. The molecule has 3 heteroatoms. The number of carbonyl (C=O) groups excluding carboxylic acids is 1. The van der Waals surface area contributed by atoms with Crippen LogP contribution in [0.4, 0.5) is 0 Å². The molecule has 1 aliphatic heterocycles. The van der Waals surface area contributed by atoms with Gasteiger partial charge in [0.1, 0.15) is 6.10 Å². The van der Waals surface area contributed by atoms with Crippen LogP contribution < -0.4 is 0 Å². The van der Waals surface area contributed by atoms with Crippen LogP contribution in [0.1, 0.15) is 17.2 Å². The summed E-state index contributed by atoms with van der Waals surface area (Å²) in [7, 11) is 1.39. The van der Waals surface area contributed by atoms with Crippen molar-refractivity contribution < 1.29 is 14.3 Å². The third kappa shape index (κ3) is 1.83. The van der Waals surface area contributed by atoms with E-state index in [1.165, 1.54) is 7.11 Å². The smallest absolute Gasteiger partial charge is 0.346 e. The molecule has 0 saturated carbocycles. The summed E-state index contributed by atoms with van der Waals surface area (Å²) in [6.07, 6.45) is -0.274. The van der Waals surface area contributed by atoms with Crippen LogP contribution in [0, 0.1) is 0 Å². The number of epoxide rings is 1. The van der Waals surface area contributed by atoms with E-state index in [4.69, 9.17) is 9.47 Å². The molecule has 1 fully saturated rings. The molecule has 1 saturated heterocycles. The number of methoxy groups -OCH3 is 1. The molecule has 3 rings (SSSR count). The summed E-state index contributed by atoms with van der Waals surface area (Å²) in [6.45, 7) is 0. The molecule has 0 aromatic heterocycles. The Morgan fingerprint density at radius 2 is 1.63 bits per heavy atom. The van der Waals surface area contributed by atoms with E-state index in [2.05, 4.69) is 0 Å². The molecule has 3 nitrogen and oxygen atoms in total. The van der Waals surface area contributed by atoms with Crippen molar-refractivity contribution in [1.29, 1.82) is 0 Å². The average molecular weight is 254 g/mol. The van der Waals surface area contributed by atoms with Crippen molar-refractivity contribution in [3.8, 4) is 0 Å². The lowest BCUT2D eigenvalue weighted by molar-refractivity contribution is -0.147. The summed E-state index contributed by atoms with van der Waals surface area (Å²) in [5, 5.41) is 0. The summed E-state index contributed by atoms with van der Waals surface area (Å²) in [5.41, 5.74) is 0.824. The van der Waals surface area contributed by atoms with Crippen molar-refractivity contribution in [2.24, 2.45) is 0 Å². The molecular weight excluding hydrogens is 240 g/mol. The van der Waals surface area contributed by atoms with E-state index in [1.807, 2.05) is 60.7 Å². The normalized spacial score (nSPS) is 24.8. The van der Waals surface area contributed by atoms with Gasteiger partial charge < -0.3 is 9.47 Å². The molecule has 0 radical (unpaired) electrons. The highest BCUT2D eigenvalue weighted by Crippen LogP contribution is 2.57. The van der Waals surface area contributed by atoms with Crippen LogP contribution in [-0.4, -0.2) is 13.1 Å². The van der Waals surface area contributed by atoms with Gasteiger partial charge in [-0.2, -0.15) is 0 Å². The Labute approximate surface area is 111 Å². The zero-order chi connectivity index (χ0) is 13.3. The minimum Gasteiger partial charge on any atom is -0.467 e. The number of esters is 1. The number of rotatable bonds is 3. The maximum atomic E-state index is 12.1. The lowest BCUT2D eigenvalue weighted by Gasteiger charge is -2.11. The van der Waals surface area contributed by atoms with E-state index in [1.54, 1.807) is 0 Å². The second kappa shape index (κ2) is 4.52. The predicted octanol–water partition coefficient (Wildman–Crippen LogP) is 2.83. The number of hydrogen-bond acceptors (Lipinski definition) is 3. The molecular formula is C16H14O3. The molecule has 0 N–H and O–H groups in total. The zero-order valence-electron chi connectivity index (χ0n) is 10.6. The molecule has 2 unspecified atom stereocenters. The van der Waals surface area contributed by atoms with Crippen LogP contribution in [0.25, 0.3) is 0 Å². The molecule has 2 atom stereocenters. The number of benzene rings is 2. The molecule has 2 aromatic rings. The van der Waals surface area contributed by atoms with Crippen molar-refractivity contribution in [3.05, 3.63) is 71.8 Å². The molecule has 0 aliphatic carbocycles. The Hall–Kier alpha value is -2.13. The van der Waals surface area contributed by atoms with E-state index in [-0.39, 0.29) is 12.1 Å². The number of ether oxygens (including phenoxy) is 2. The maximum absolute atomic E-state index is 12.1.